The first-order chi connectivity index (χ1) is 7.21. The summed E-state index contributed by atoms with van der Waals surface area (Å²) >= 11 is 2.74. The third kappa shape index (κ3) is 2.88. The van der Waals surface area contributed by atoms with Crippen LogP contribution in [0.25, 0.3) is 0 Å². The van der Waals surface area contributed by atoms with Gasteiger partial charge in [0.15, 0.2) is 0 Å². The Labute approximate surface area is 96.6 Å². The second-order valence-electron chi connectivity index (χ2n) is 3.03. The summed E-state index contributed by atoms with van der Waals surface area (Å²) in [6.07, 6.45) is -5.25. The fraction of sp³-hybridized carbons (Fsp3) is 0.222. The van der Waals surface area contributed by atoms with Crippen molar-refractivity contribution in [3.63, 3.8) is 0 Å². The summed E-state index contributed by atoms with van der Waals surface area (Å²) in [7, 11) is 0. The van der Waals surface area contributed by atoms with Gasteiger partial charge in [0.05, 0.1) is 16.5 Å². The SMILES string of the molecule is O=C(O)Cc1cc(C(F)(F)F)cc(Br)c1O. The van der Waals surface area contributed by atoms with Crippen molar-refractivity contribution in [1.29, 1.82) is 0 Å². The minimum Gasteiger partial charge on any atom is -0.506 e. The maximum Gasteiger partial charge on any atom is 0.416 e. The number of phenolic OH excluding ortho intramolecular Hbond substituents is 1. The van der Waals surface area contributed by atoms with Gasteiger partial charge in [-0.2, -0.15) is 13.2 Å². The van der Waals surface area contributed by atoms with E-state index in [-0.39, 0.29) is 10.0 Å². The highest BCUT2D eigenvalue weighted by atomic mass is 79.9. The van der Waals surface area contributed by atoms with E-state index in [2.05, 4.69) is 15.9 Å². The van der Waals surface area contributed by atoms with Crippen molar-refractivity contribution in [3.05, 3.63) is 27.7 Å². The molecule has 0 aromatic heterocycles. The fourth-order valence-electron chi connectivity index (χ4n) is 1.12. The number of carbonyl (C=O) groups is 1. The van der Waals surface area contributed by atoms with Gasteiger partial charge in [-0.05, 0) is 28.1 Å². The molecule has 0 heterocycles. The Bertz CT molecular complexity index is 429. The number of halogens is 4. The van der Waals surface area contributed by atoms with E-state index in [1.165, 1.54) is 0 Å². The molecular formula is C9H6BrF3O3. The molecule has 1 aromatic rings. The fourth-order valence-corrected chi connectivity index (χ4v) is 1.62. The Morgan fingerprint density at radius 3 is 2.38 bits per heavy atom. The molecule has 0 unspecified atom stereocenters. The van der Waals surface area contributed by atoms with E-state index in [9.17, 15) is 23.1 Å². The lowest BCUT2D eigenvalue weighted by Crippen LogP contribution is -2.08. The Balaban J connectivity index is 3.27. The van der Waals surface area contributed by atoms with Crippen molar-refractivity contribution < 1.29 is 28.2 Å². The number of phenols is 1. The third-order valence-corrected chi connectivity index (χ3v) is 2.42. The molecule has 0 bridgehead atoms. The summed E-state index contributed by atoms with van der Waals surface area (Å²) < 4.78 is 36.9. The number of aliphatic carboxylic acids is 1. The van der Waals surface area contributed by atoms with Crippen LogP contribution in [0, 0.1) is 0 Å². The molecule has 1 rings (SSSR count). The van der Waals surface area contributed by atoms with E-state index in [0.717, 1.165) is 0 Å². The van der Waals surface area contributed by atoms with Gasteiger partial charge in [-0.25, -0.2) is 0 Å². The molecule has 2 N–H and O–H groups in total. The zero-order chi connectivity index (χ0) is 12.5. The zero-order valence-electron chi connectivity index (χ0n) is 7.68. The van der Waals surface area contributed by atoms with Gasteiger partial charge in [-0.15, -0.1) is 0 Å². The molecule has 1 aromatic carbocycles. The molecular weight excluding hydrogens is 293 g/mol. The van der Waals surface area contributed by atoms with Crippen LogP contribution in [0.15, 0.2) is 16.6 Å². The summed E-state index contributed by atoms with van der Waals surface area (Å²) in [6.45, 7) is 0. The summed E-state index contributed by atoms with van der Waals surface area (Å²) in [6, 6.07) is 1.31. The molecule has 0 aliphatic carbocycles. The highest BCUT2D eigenvalue weighted by Gasteiger charge is 2.32. The lowest BCUT2D eigenvalue weighted by molar-refractivity contribution is -0.138. The van der Waals surface area contributed by atoms with Gasteiger partial charge in [0.25, 0.3) is 0 Å². The average Bonchev–Trinajstić information content (AvgIpc) is 2.10. The minimum absolute atomic E-state index is 0.182. The van der Waals surface area contributed by atoms with E-state index >= 15 is 0 Å². The largest absolute Gasteiger partial charge is 0.506 e. The topological polar surface area (TPSA) is 57.5 Å². The number of carboxylic acids is 1. The molecule has 0 saturated heterocycles. The van der Waals surface area contributed by atoms with Crippen molar-refractivity contribution in [3.8, 4) is 5.75 Å². The van der Waals surface area contributed by atoms with Gasteiger partial charge >= 0.3 is 12.1 Å². The molecule has 0 fully saturated rings. The molecule has 0 spiro atoms. The average molecular weight is 299 g/mol. The van der Waals surface area contributed by atoms with Gasteiger partial charge in [0.1, 0.15) is 5.75 Å². The van der Waals surface area contributed by atoms with Crippen LogP contribution in [0.2, 0.25) is 0 Å². The highest BCUT2D eigenvalue weighted by Crippen LogP contribution is 2.37. The van der Waals surface area contributed by atoms with Crippen molar-refractivity contribution >= 4 is 21.9 Å². The quantitative estimate of drug-likeness (QED) is 0.883. The summed E-state index contributed by atoms with van der Waals surface area (Å²) in [5.74, 6) is -1.81. The lowest BCUT2D eigenvalue weighted by Gasteiger charge is -2.11. The van der Waals surface area contributed by atoms with Crippen LogP contribution in [0.5, 0.6) is 5.75 Å². The van der Waals surface area contributed by atoms with Crippen molar-refractivity contribution in [2.45, 2.75) is 12.6 Å². The highest BCUT2D eigenvalue weighted by molar-refractivity contribution is 9.10. The van der Waals surface area contributed by atoms with Crippen LogP contribution < -0.4 is 0 Å². The Kier molecular flexibility index (Phi) is 3.47. The van der Waals surface area contributed by atoms with Gasteiger partial charge in [-0.1, -0.05) is 0 Å². The number of rotatable bonds is 2. The number of benzene rings is 1. The van der Waals surface area contributed by atoms with Crippen LogP contribution >= 0.6 is 15.9 Å². The standard InChI is InChI=1S/C9H6BrF3O3/c10-6-3-5(9(11,12)13)1-4(8(6)16)2-7(14)15/h1,3,16H,2H2,(H,14,15). The number of hydrogen-bond acceptors (Lipinski definition) is 2. The van der Waals surface area contributed by atoms with Crippen LogP contribution in [0.4, 0.5) is 13.2 Å². The first-order valence-corrected chi connectivity index (χ1v) is 4.81. The minimum atomic E-state index is -4.58. The van der Waals surface area contributed by atoms with E-state index in [1.807, 2.05) is 0 Å². The number of hydrogen-bond donors (Lipinski definition) is 2. The Hall–Kier alpha value is -1.24. The first kappa shape index (κ1) is 12.8. The second kappa shape index (κ2) is 4.32. The molecule has 88 valence electrons. The summed E-state index contributed by atoms with van der Waals surface area (Å²) in [4.78, 5) is 10.4. The number of alkyl halides is 3. The van der Waals surface area contributed by atoms with Gasteiger partial charge < -0.3 is 10.2 Å². The second-order valence-corrected chi connectivity index (χ2v) is 3.89. The van der Waals surface area contributed by atoms with Gasteiger partial charge in [0, 0.05) is 5.56 Å². The van der Waals surface area contributed by atoms with E-state index in [0.29, 0.717) is 12.1 Å². The zero-order valence-corrected chi connectivity index (χ0v) is 9.26. The van der Waals surface area contributed by atoms with Gasteiger partial charge in [0.2, 0.25) is 0 Å². The molecule has 3 nitrogen and oxygen atoms in total. The summed E-state index contributed by atoms with van der Waals surface area (Å²) in [5, 5.41) is 17.8. The van der Waals surface area contributed by atoms with Crippen LogP contribution in [-0.2, 0) is 17.4 Å². The lowest BCUT2D eigenvalue weighted by atomic mass is 10.1. The molecule has 0 aliphatic heterocycles. The van der Waals surface area contributed by atoms with Crippen molar-refractivity contribution in [2.75, 3.05) is 0 Å². The maximum atomic E-state index is 12.4. The van der Waals surface area contributed by atoms with Crippen molar-refractivity contribution in [1.82, 2.24) is 0 Å². The molecule has 0 aliphatic rings. The Morgan fingerprint density at radius 1 is 1.38 bits per heavy atom. The van der Waals surface area contributed by atoms with E-state index in [1.54, 1.807) is 0 Å². The number of carboxylic acid groups (broad SMARTS) is 1. The molecule has 16 heavy (non-hydrogen) atoms. The normalized spacial score (nSPS) is 11.5. The van der Waals surface area contributed by atoms with Crippen LogP contribution in [0.3, 0.4) is 0 Å². The van der Waals surface area contributed by atoms with Crippen LogP contribution in [-0.4, -0.2) is 16.2 Å². The first-order valence-electron chi connectivity index (χ1n) is 4.02. The number of aromatic hydroxyl groups is 1. The van der Waals surface area contributed by atoms with E-state index in [4.69, 9.17) is 5.11 Å². The Morgan fingerprint density at radius 2 is 1.94 bits per heavy atom. The predicted octanol–water partition coefficient (Wildman–Crippen LogP) is 2.80. The van der Waals surface area contributed by atoms with Gasteiger partial charge in [-0.3, -0.25) is 4.79 Å². The maximum absolute atomic E-state index is 12.4. The monoisotopic (exact) mass is 298 g/mol. The third-order valence-electron chi connectivity index (χ3n) is 1.81. The molecule has 0 amide bonds. The molecule has 0 radical (unpaired) electrons. The van der Waals surface area contributed by atoms with Crippen molar-refractivity contribution in [2.24, 2.45) is 0 Å². The summed E-state index contributed by atoms with van der Waals surface area (Å²) in [5.41, 5.74) is -1.29. The predicted molar refractivity (Wildman–Crippen MR) is 52.1 cm³/mol. The smallest absolute Gasteiger partial charge is 0.416 e. The molecule has 0 atom stereocenters. The molecule has 0 saturated carbocycles. The van der Waals surface area contributed by atoms with Crippen LogP contribution in [0.1, 0.15) is 11.1 Å². The van der Waals surface area contributed by atoms with E-state index < -0.39 is 29.9 Å². The molecule has 7 heteroatoms.